The quantitative estimate of drug-likeness (QED) is 0.243. The van der Waals surface area contributed by atoms with Crippen LogP contribution in [0.5, 0.6) is 0 Å². The molecule has 5 heteroatoms. The van der Waals surface area contributed by atoms with E-state index < -0.39 is 6.10 Å². The minimum absolute atomic E-state index is 0. The van der Waals surface area contributed by atoms with Crippen LogP contribution >= 0.6 is 24.0 Å². The van der Waals surface area contributed by atoms with Crippen molar-refractivity contribution in [1.29, 1.82) is 0 Å². The third-order valence-corrected chi connectivity index (χ3v) is 3.98. The third-order valence-electron chi connectivity index (χ3n) is 3.98. The average molecular weight is 431 g/mol. The van der Waals surface area contributed by atoms with Crippen LogP contribution < -0.4 is 10.6 Å². The van der Waals surface area contributed by atoms with Gasteiger partial charge in [-0.2, -0.15) is 0 Å². The number of aliphatic hydroxyl groups excluding tert-OH is 1. The van der Waals surface area contributed by atoms with Crippen LogP contribution in [-0.2, 0) is 0 Å². The first kappa shape index (κ1) is 20.2. The van der Waals surface area contributed by atoms with E-state index in [1.807, 2.05) is 30.3 Å². The number of halogens is 1. The van der Waals surface area contributed by atoms with Crippen LogP contribution in [0.25, 0.3) is 0 Å². The predicted molar refractivity (Wildman–Crippen MR) is 107 cm³/mol. The van der Waals surface area contributed by atoms with Crippen LogP contribution in [0.1, 0.15) is 50.7 Å². The van der Waals surface area contributed by atoms with Gasteiger partial charge in [0.1, 0.15) is 0 Å². The first-order chi connectivity index (χ1) is 10.8. The molecule has 4 nitrogen and oxygen atoms in total. The molecule has 0 heterocycles. The Morgan fingerprint density at radius 2 is 2.00 bits per heavy atom. The van der Waals surface area contributed by atoms with Gasteiger partial charge in [-0.1, -0.05) is 43.2 Å². The van der Waals surface area contributed by atoms with Gasteiger partial charge in [0.25, 0.3) is 0 Å². The van der Waals surface area contributed by atoms with Gasteiger partial charge in [-0.3, -0.25) is 4.99 Å². The molecule has 0 bridgehead atoms. The van der Waals surface area contributed by atoms with E-state index in [0.717, 1.165) is 30.5 Å². The van der Waals surface area contributed by atoms with Crippen molar-refractivity contribution < 1.29 is 5.11 Å². The molecule has 0 radical (unpaired) electrons. The molecule has 3 N–H and O–H groups in total. The third kappa shape index (κ3) is 8.55. The first-order valence-electron chi connectivity index (χ1n) is 8.54. The van der Waals surface area contributed by atoms with Crippen LogP contribution in [0, 0.1) is 5.92 Å². The summed E-state index contributed by atoms with van der Waals surface area (Å²) in [5, 5.41) is 16.7. The minimum Gasteiger partial charge on any atom is -0.388 e. The van der Waals surface area contributed by atoms with E-state index in [-0.39, 0.29) is 24.0 Å². The second kappa shape index (κ2) is 11.7. The maximum absolute atomic E-state index is 10.1. The van der Waals surface area contributed by atoms with E-state index in [4.69, 9.17) is 0 Å². The van der Waals surface area contributed by atoms with Gasteiger partial charge in [0.2, 0.25) is 0 Å². The van der Waals surface area contributed by atoms with Crippen LogP contribution in [0.4, 0.5) is 0 Å². The lowest BCUT2D eigenvalue weighted by atomic mass is 10.1. The molecule has 1 aromatic carbocycles. The number of hydrogen-bond donors (Lipinski definition) is 3. The fraction of sp³-hybridized carbons (Fsp3) is 0.611. The summed E-state index contributed by atoms with van der Waals surface area (Å²) in [5.41, 5.74) is 0.968. The van der Waals surface area contributed by atoms with E-state index >= 15 is 0 Å². The summed E-state index contributed by atoms with van der Waals surface area (Å²) in [6, 6.07) is 9.80. The topological polar surface area (TPSA) is 56.7 Å². The molecule has 1 unspecified atom stereocenters. The van der Waals surface area contributed by atoms with Crippen molar-refractivity contribution in [3.8, 4) is 0 Å². The van der Waals surface area contributed by atoms with Crippen molar-refractivity contribution in [2.75, 3.05) is 19.6 Å². The van der Waals surface area contributed by atoms with Crippen molar-refractivity contribution in [1.82, 2.24) is 10.6 Å². The fourth-order valence-corrected chi connectivity index (χ4v) is 2.49. The normalized spacial score (nSPS) is 15.7. The van der Waals surface area contributed by atoms with Crippen LogP contribution in [0.3, 0.4) is 0 Å². The van der Waals surface area contributed by atoms with Gasteiger partial charge in [-0.15, -0.1) is 24.0 Å². The first-order valence-corrected chi connectivity index (χ1v) is 8.54. The molecule has 1 aromatic rings. The SMILES string of the molecule is CCNC(=NCCCC1CC1)NCCC(O)c1ccccc1.I. The van der Waals surface area contributed by atoms with Crippen molar-refractivity contribution in [2.45, 2.75) is 45.1 Å². The summed E-state index contributed by atoms with van der Waals surface area (Å²) in [4.78, 5) is 4.60. The van der Waals surface area contributed by atoms with Crippen LogP contribution in [0.2, 0.25) is 0 Å². The van der Waals surface area contributed by atoms with Crippen molar-refractivity contribution >= 4 is 29.9 Å². The Bertz CT molecular complexity index is 449. The molecule has 1 fully saturated rings. The van der Waals surface area contributed by atoms with Gasteiger partial charge in [-0.05, 0) is 37.7 Å². The summed E-state index contributed by atoms with van der Waals surface area (Å²) in [6.45, 7) is 4.52. The molecule has 0 aliphatic heterocycles. The molecule has 0 saturated heterocycles. The molecule has 130 valence electrons. The number of benzene rings is 1. The van der Waals surface area contributed by atoms with Crippen molar-refractivity contribution in [3.63, 3.8) is 0 Å². The molecule has 1 aliphatic carbocycles. The number of aliphatic hydroxyl groups is 1. The summed E-state index contributed by atoms with van der Waals surface area (Å²) < 4.78 is 0. The van der Waals surface area contributed by atoms with Gasteiger partial charge in [0, 0.05) is 19.6 Å². The maximum atomic E-state index is 10.1. The largest absolute Gasteiger partial charge is 0.388 e. The van der Waals surface area contributed by atoms with E-state index in [2.05, 4.69) is 22.5 Å². The summed E-state index contributed by atoms with van der Waals surface area (Å²) in [6.07, 6.45) is 5.57. The monoisotopic (exact) mass is 431 g/mol. The zero-order valence-electron chi connectivity index (χ0n) is 14.0. The Morgan fingerprint density at radius 1 is 1.26 bits per heavy atom. The number of hydrogen-bond acceptors (Lipinski definition) is 2. The molecule has 1 atom stereocenters. The Labute approximate surface area is 157 Å². The minimum atomic E-state index is -0.425. The highest BCUT2D eigenvalue weighted by Crippen LogP contribution is 2.33. The Morgan fingerprint density at radius 3 is 2.65 bits per heavy atom. The second-order valence-corrected chi connectivity index (χ2v) is 5.99. The van der Waals surface area contributed by atoms with E-state index in [1.54, 1.807) is 0 Å². The van der Waals surface area contributed by atoms with Crippen LogP contribution in [0.15, 0.2) is 35.3 Å². The van der Waals surface area contributed by atoms with Gasteiger partial charge in [0.05, 0.1) is 6.10 Å². The molecule has 1 saturated carbocycles. The zero-order chi connectivity index (χ0) is 15.6. The Kier molecular flexibility index (Phi) is 10.3. The number of guanidine groups is 1. The number of nitrogens with zero attached hydrogens (tertiary/aromatic N) is 1. The highest BCUT2D eigenvalue weighted by molar-refractivity contribution is 14.0. The maximum Gasteiger partial charge on any atom is 0.191 e. The van der Waals surface area contributed by atoms with Gasteiger partial charge < -0.3 is 15.7 Å². The van der Waals surface area contributed by atoms with Crippen LogP contribution in [-0.4, -0.2) is 30.7 Å². The number of aliphatic imine (C=N–C) groups is 1. The summed E-state index contributed by atoms with van der Waals surface area (Å²) in [5.74, 6) is 1.84. The molecule has 0 aromatic heterocycles. The Hall–Kier alpha value is -0.820. The number of rotatable bonds is 9. The van der Waals surface area contributed by atoms with Gasteiger partial charge in [0.15, 0.2) is 5.96 Å². The van der Waals surface area contributed by atoms with Gasteiger partial charge >= 0.3 is 0 Å². The van der Waals surface area contributed by atoms with E-state index in [1.165, 1.54) is 25.7 Å². The molecular formula is C18H30IN3O. The lowest BCUT2D eigenvalue weighted by molar-refractivity contribution is 0.168. The summed E-state index contributed by atoms with van der Waals surface area (Å²) in [7, 11) is 0. The smallest absolute Gasteiger partial charge is 0.191 e. The Balaban J connectivity index is 0.00000264. The lowest BCUT2D eigenvalue weighted by Gasteiger charge is -2.14. The van der Waals surface area contributed by atoms with Crippen molar-refractivity contribution in [2.24, 2.45) is 10.9 Å². The highest BCUT2D eigenvalue weighted by Gasteiger charge is 2.19. The fourth-order valence-electron chi connectivity index (χ4n) is 2.49. The average Bonchev–Trinajstić information content (AvgIpc) is 3.36. The van der Waals surface area contributed by atoms with E-state index in [0.29, 0.717) is 13.0 Å². The standard InChI is InChI=1S/C18H29N3O.HI/c1-2-19-18(20-13-6-7-15-10-11-15)21-14-12-17(22)16-8-4-3-5-9-16;/h3-5,8-9,15,17,22H,2,6-7,10-14H2,1H3,(H2,19,20,21);1H. The molecule has 2 rings (SSSR count). The highest BCUT2D eigenvalue weighted by atomic mass is 127. The predicted octanol–water partition coefficient (Wildman–Crippen LogP) is 3.47. The molecule has 1 aliphatic rings. The molecule has 0 amide bonds. The molecule has 0 spiro atoms. The van der Waals surface area contributed by atoms with E-state index in [9.17, 15) is 5.11 Å². The van der Waals surface area contributed by atoms with Gasteiger partial charge in [-0.25, -0.2) is 0 Å². The summed E-state index contributed by atoms with van der Waals surface area (Å²) >= 11 is 0. The lowest BCUT2D eigenvalue weighted by Crippen LogP contribution is -2.38. The molecule has 23 heavy (non-hydrogen) atoms. The second-order valence-electron chi connectivity index (χ2n) is 5.99. The van der Waals surface area contributed by atoms with Crippen molar-refractivity contribution in [3.05, 3.63) is 35.9 Å². The zero-order valence-corrected chi connectivity index (χ0v) is 16.3. The molecular weight excluding hydrogens is 401 g/mol. The number of nitrogens with one attached hydrogen (secondary N) is 2.